The summed E-state index contributed by atoms with van der Waals surface area (Å²) in [5, 5.41) is 0. The van der Waals surface area contributed by atoms with Crippen LogP contribution in [0.4, 0.5) is 0 Å². The molecule has 0 fully saturated rings. The van der Waals surface area contributed by atoms with E-state index < -0.39 is 0 Å². The average Bonchev–Trinajstić information content (AvgIpc) is 1.91. The number of hydrogen-bond acceptors (Lipinski definition) is 0. The molecule has 0 saturated heterocycles. The third-order valence-electron chi connectivity index (χ3n) is 1.47. The van der Waals surface area contributed by atoms with Crippen molar-refractivity contribution in [2.24, 2.45) is 0 Å². The third kappa shape index (κ3) is 1.77. The Kier molecular flexibility index (Phi) is 3.70. The Balaban J connectivity index is 0.000000490. The van der Waals surface area contributed by atoms with Crippen LogP contribution in [0.1, 0.15) is 20.3 Å². The van der Waals surface area contributed by atoms with Crippen LogP contribution in [0.3, 0.4) is 0 Å². The van der Waals surface area contributed by atoms with Crippen molar-refractivity contribution in [1.29, 1.82) is 0 Å². The van der Waals surface area contributed by atoms with Crippen LogP contribution in [0, 0.1) is 0 Å². The van der Waals surface area contributed by atoms with Gasteiger partial charge < -0.3 is 0 Å². The van der Waals surface area contributed by atoms with Crippen LogP contribution in [-0.4, -0.2) is 0 Å². The summed E-state index contributed by atoms with van der Waals surface area (Å²) in [6, 6.07) is 0. The molecule has 0 N–H and O–H groups in total. The predicted octanol–water partition coefficient (Wildman–Crippen LogP) is -0.713. The van der Waals surface area contributed by atoms with Crippen molar-refractivity contribution in [3.05, 3.63) is 23.3 Å². The molecule has 1 heteroatoms. The van der Waals surface area contributed by atoms with Crippen LogP contribution in [-0.2, 0) is 0 Å². The topological polar surface area (TPSA) is 0 Å². The summed E-state index contributed by atoms with van der Waals surface area (Å²) >= 11 is 0. The first kappa shape index (κ1) is 8.48. The summed E-state index contributed by atoms with van der Waals surface area (Å²) in [5.41, 5.74) is 2.96. The maximum Gasteiger partial charge on any atom is 1.00 e. The third-order valence-corrected chi connectivity index (χ3v) is 1.47. The van der Waals surface area contributed by atoms with E-state index in [9.17, 15) is 0 Å². The second kappa shape index (κ2) is 3.49. The molecule has 0 heterocycles. The van der Waals surface area contributed by atoms with Crippen LogP contribution in [0.15, 0.2) is 23.3 Å². The zero-order chi connectivity index (χ0) is 5.28. The van der Waals surface area contributed by atoms with Gasteiger partial charge in [-0.1, -0.05) is 23.3 Å². The molecule has 0 spiro atoms. The fraction of sp³-hybridized carbons (Fsp3) is 0.429. The zero-order valence-corrected chi connectivity index (χ0v) is 7.86. The Morgan fingerprint density at radius 2 is 2.00 bits per heavy atom. The summed E-state index contributed by atoms with van der Waals surface area (Å²) < 4.78 is 0. The Morgan fingerprint density at radius 1 is 1.38 bits per heavy atom. The summed E-state index contributed by atoms with van der Waals surface area (Å²) in [6.45, 7) is 4.33. The maximum absolute atomic E-state index is 2.20. The first-order valence-corrected chi connectivity index (χ1v) is 2.63. The monoisotopic (exact) mass is 117 g/mol. The van der Waals surface area contributed by atoms with Crippen LogP contribution in [0.5, 0.6) is 0 Å². The Hall–Kier alpha value is 0.480. The minimum Gasteiger partial charge on any atom is -0.0802 e. The van der Waals surface area contributed by atoms with Crippen LogP contribution in [0.25, 0.3) is 0 Å². The van der Waals surface area contributed by atoms with Crippen LogP contribution < -0.4 is 29.6 Å². The number of rotatable bonds is 0. The molecule has 0 saturated carbocycles. The van der Waals surface area contributed by atoms with Crippen molar-refractivity contribution in [1.82, 2.24) is 0 Å². The van der Waals surface area contributed by atoms with Gasteiger partial charge in [-0.2, -0.15) is 0 Å². The van der Waals surface area contributed by atoms with E-state index in [2.05, 4.69) is 26.0 Å². The van der Waals surface area contributed by atoms with Crippen molar-refractivity contribution in [2.75, 3.05) is 0 Å². The normalized spacial score (nSPS) is 16.8. The fourth-order valence-electron chi connectivity index (χ4n) is 0.716. The Labute approximate surface area is 73.0 Å². The Bertz CT molecular complexity index is 131. The van der Waals surface area contributed by atoms with Crippen molar-refractivity contribution >= 4 is 0 Å². The molecular weight excluding hydrogens is 107 g/mol. The smallest absolute Gasteiger partial charge is 0.0802 e. The molecule has 0 unspecified atom stereocenters. The van der Waals surface area contributed by atoms with Gasteiger partial charge in [0.15, 0.2) is 0 Å². The van der Waals surface area contributed by atoms with E-state index >= 15 is 0 Å². The van der Waals surface area contributed by atoms with Gasteiger partial charge in [0.05, 0.1) is 0 Å². The molecule has 0 aromatic rings. The molecule has 38 valence electrons. The van der Waals surface area contributed by atoms with Crippen molar-refractivity contribution in [3.8, 4) is 0 Å². The van der Waals surface area contributed by atoms with Crippen molar-refractivity contribution < 1.29 is 29.6 Å². The standard InChI is InChI=1S/C7H10.Na/c1-6-4-3-5-7(6)2;/h3-4H,5H2,1-2H3;/q;+1. The van der Waals surface area contributed by atoms with E-state index in [0.29, 0.717) is 0 Å². The maximum atomic E-state index is 2.20. The summed E-state index contributed by atoms with van der Waals surface area (Å²) in [4.78, 5) is 0. The second-order valence-electron chi connectivity index (χ2n) is 2.07. The molecule has 0 amide bonds. The summed E-state index contributed by atoms with van der Waals surface area (Å²) in [7, 11) is 0. The van der Waals surface area contributed by atoms with Gasteiger partial charge in [-0.25, -0.2) is 0 Å². The zero-order valence-electron chi connectivity index (χ0n) is 5.86. The molecule has 8 heavy (non-hydrogen) atoms. The van der Waals surface area contributed by atoms with Gasteiger partial charge in [0.2, 0.25) is 0 Å². The van der Waals surface area contributed by atoms with Crippen LogP contribution in [0.2, 0.25) is 0 Å². The van der Waals surface area contributed by atoms with Gasteiger partial charge in [-0.3, -0.25) is 0 Å². The molecule has 0 aliphatic heterocycles. The Morgan fingerprint density at radius 3 is 2.12 bits per heavy atom. The quantitative estimate of drug-likeness (QED) is 0.368. The minimum atomic E-state index is 0. The molecule has 0 aromatic carbocycles. The van der Waals surface area contributed by atoms with Crippen molar-refractivity contribution in [3.63, 3.8) is 0 Å². The van der Waals surface area contributed by atoms with E-state index in [1.165, 1.54) is 17.6 Å². The van der Waals surface area contributed by atoms with Gasteiger partial charge in [-0.05, 0) is 20.3 Å². The van der Waals surface area contributed by atoms with E-state index in [-0.39, 0.29) is 29.6 Å². The molecule has 0 aromatic heterocycles. The molecule has 1 aliphatic carbocycles. The first-order chi connectivity index (χ1) is 3.30. The molecule has 0 radical (unpaired) electrons. The molecule has 0 bridgehead atoms. The van der Waals surface area contributed by atoms with Gasteiger partial charge in [0.25, 0.3) is 0 Å². The van der Waals surface area contributed by atoms with Crippen molar-refractivity contribution in [2.45, 2.75) is 20.3 Å². The van der Waals surface area contributed by atoms with E-state index in [1.54, 1.807) is 0 Å². The van der Waals surface area contributed by atoms with E-state index in [4.69, 9.17) is 0 Å². The van der Waals surface area contributed by atoms with Gasteiger partial charge in [0, 0.05) is 0 Å². The molecule has 1 aliphatic rings. The predicted molar refractivity (Wildman–Crippen MR) is 32.1 cm³/mol. The fourth-order valence-corrected chi connectivity index (χ4v) is 0.716. The second-order valence-corrected chi connectivity index (χ2v) is 2.07. The molecule has 1 rings (SSSR count). The van der Waals surface area contributed by atoms with E-state index in [1.807, 2.05) is 0 Å². The van der Waals surface area contributed by atoms with E-state index in [0.717, 1.165) is 0 Å². The van der Waals surface area contributed by atoms with Gasteiger partial charge >= 0.3 is 29.6 Å². The SMILES string of the molecule is CC1=C(C)CC=C1.[Na+]. The van der Waals surface area contributed by atoms with Gasteiger partial charge in [-0.15, -0.1) is 0 Å². The number of hydrogen-bond donors (Lipinski definition) is 0. The summed E-state index contributed by atoms with van der Waals surface area (Å²) in [6.07, 6.45) is 5.55. The molecule has 0 nitrogen and oxygen atoms in total. The minimum absolute atomic E-state index is 0. The summed E-state index contributed by atoms with van der Waals surface area (Å²) in [5.74, 6) is 0. The first-order valence-electron chi connectivity index (χ1n) is 2.63. The molecule has 0 atom stereocenters. The van der Waals surface area contributed by atoms with Crippen LogP contribution >= 0.6 is 0 Å². The molecular formula is C7H10Na+. The average molecular weight is 117 g/mol. The van der Waals surface area contributed by atoms with Gasteiger partial charge in [0.1, 0.15) is 0 Å². The largest absolute Gasteiger partial charge is 1.00 e. The number of allylic oxidation sites excluding steroid dienone is 4.